The van der Waals surface area contributed by atoms with Crippen LogP contribution >= 0.6 is 34.5 Å². The van der Waals surface area contributed by atoms with Gasteiger partial charge in [0.05, 0.1) is 9.72 Å². The predicted octanol–water partition coefficient (Wildman–Crippen LogP) is 3.96. The second-order valence-electron chi connectivity index (χ2n) is 3.68. The lowest BCUT2D eigenvalue weighted by Crippen LogP contribution is -2.09. The van der Waals surface area contributed by atoms with Crippen molar-refractivity contribution in [1.82, 2.24) is 10.2 Å². The van der Waals surface area contributed by atoms with Gasteiger partial charge in [-0.1, -0.05) is 41.4 Å². The molecule has 90 valence electrons. The lowest BCUT2D eigenvalue weighted by atomic mass is 10.1. The zero-order valence-corrected chi connectivity index (χ0v) is 11.2. The summed E-state index contributed by atoms with van der Waals surface area (Å²) in [7, 11) is 0. The number of nitrogens with zero attached hydrogens (tertiary/aromatic N) is 1. The highest BCUT2D eigenvalue weighted by atomic mass is 35.5. The molecule has 2 aromatic heterocycles. The van der Waals surface area contributed by atoms with Crippen molar-refractivity contribution < 1.29 is 0 Å². The van der Waals surface area contributed by atoms with Crippen molar-refractivity contribution in [2.45, 2.75) is 0 Å². The van der Waals surface area contributed by atoms with Crippen LogP contribution in [-0.4, -0.2) is 10.2 Å². The van der Waals surface area contributed by atoms with E-state index in [1.54, 1.807) is 12.1 Å². The first-order valence-corrected chi connectivity index (χ1v) is 6.66. The van der Waals surface area contributed by atoms with Gasteiger partial charge in [-0.25, -0.2) is 5.10 Å². The maximum atomic E-state index is 11.7. The second kappa shape index (κ2) is 4.39. The molecule has 3 rings (SSSR count). The van der Waals surface area contributed by atoms with E-state index >= 15 is 0 Å². The van der Waals surface area contributed by atoms with E-state index in [0.29, 0.717) is 19.8 Å². The number of fused-ring (bicyclic) bond motifs is 1. The van der Waals surface area contributed by atoms with Crippen molar-refractivity contribution in [3.05, 3.63) is 49.4 Å². The largest absolute Gasteiger partial charge is 0.272 e. The summed E-state index contributed by atoms with van der Waals surface area (Å²) in [4.78, 5) is 11.7. The van der Waals surface area contributed by atoms with Gasteiger partial charge in [0.25, 0.3) is 5.56 Å². The van der Waals surface area contributed by atoms with Crippen molar-refractivity contribution in [3.8, 4) is 11.3 Å². The molecule has 1 N–H and O–H groups in total. The van der Waals surface area contributed by atoms with E-state index in [4.69, 9.17) is 23.2 Å². The Kier molecular flexibility index (Phi) is 2.86. The molecular weight excluding hydrogens is 291 g/mol. The minimum atomic E-state index is -0.216. The van der Waals surface area contributed by atoms with Crippen molar-refractivity contribution in [3.63, 3.8) is 0 Å². The Bertz CT molecular complexity index is 794. The third-order valence-corrected chi connectivity index (χ3v) is 4.10. The monoisotopic (exact) mass is 296 g/mol. The Morgan fingerprint density at radius 2 is 1.89 bits per heavy atom. The molecule has 0 amide bonds. The van der Waals surface area contributed by atoms with Gasteiger partial charge < -0.3 is 0 Å². The number of aromatic nitrogens is 2. The number of rotatable bonds is 1. The zero-order chi connectivity index (χ0) is 12.7. The van der Waals surface area contributed by atoms with Gasteiger partial charge in [0.1, 0.15) is 10.0 Å². The highest BCUT2D eigenvalue weighted by Gasteiger charge is 2.14. The van der Waals surface area contributed by atoms with Crippen molar-refractivity contribution in [2.24, 2.45) is 0 Å². The Morgan fingerprint density at radius 1 is 1.17 bits per heavy atom. The maximum absolute atomic E-state index is 11.7. The van der Waals surface area contributed by atoms with Crippen LogP contribution in [0.5, 0.6) is 0 Å². The number of benzene rings is 1. The molecule has 0 saturated carbocycles. The molecule has 1 aromatic carbocycles. The third kappa shape index (κ3) is 1.82. The third-order valence-electron chi connectivity index (χ3n) is 2.61. The molecule has 18 heavy (non-hydrogen) atoms. The first-order valence-electron chi connectivity index (χ1n) is 5.09. The minimum Gasteiger partial charge on any atom is -0.267 e. The van der Waals surface area contributed by atoms with Gasteiger partial charge in [-0.15, -0.1) is 11.3 Å². The second-order valence-corrected chi connectivity index (χ2v) is 5.97. The van der Waals surface area contributed by atoms with Gasteiger partial charge in [-0.2, -0.15) is 5.10 Å². The molecule has 0 fully saturated rings. The van der Waals surface area contributed by atoms with Crippen LogP contribution in [0.4, 0.5) is 0 Å². The number of thiophene rings is 1. The molecule has 0 aliphatic heterocycles. The van der Waals surface area contributed by atoms with Gasteiger partial charge >= 0.3 is 0 Å². The summed E-state index contributed by atoms with van der Waals surface area (Å²) in [5.74, 6) is 0. The van der Waals surface area contributed by atoms with Gasteiger partial charge in [0.2, 0.25) is 0 Å². The first kappa shape index (κ1) is 11.7. The molecule has 0 spiro atoms. The Hall–Kier alpha value is -1.36. The molecule has 6 heteroatoms. The molecular formula is C12H6Cl2N2OS. The Morgan fingerprint density at radius 3 is 2.56 bits per heavy atom. The molecule has 0 saturated heterocycles. The Balaban J connectivity index is 2.40. The number of hydrogen-bond donors (Lipinski definition) is 1. The first-order chi connectivity index (χ1) is 8.66. The SMILES string of the molecule is O=c1[nH]nc(-c2cc(Cl)sc2Cl)c2ccccc12. The van der Waals surface area contributed by atoms with Crippen LogP contribution < -0.4 is 5.56 Å². The summed E-state index contributed by atoms with van der Waals surface area (Å²) in [5.41, 5.74) is 1.16. The summed E-state index contributed by atoms with van der Waals surface area (Å²) >= 11 is 13.3. The molecule has 0 radical (unpaired) electrons. The predicted molar refractivity (Wildman–Crippen MR) is 75.7 cm³/mol. The van der Waals surface area contributed by atoms with E-state index in [-0.39, 0.29) is 5.56 Å². The quantitative estimate of drug-likeness (QED) is 0.739. The molecule has 3 nitrogen and oxygen atoms in total. The molecule has 0 aliphatic rings. The van der Waals surface area contributed by atoms with Gasteiger partial charge in [0.15, 0.2) is 0 Å². The fourth-order valence-electron chi connectivity index (χ4n) is 1.82. The van der Waals surface area contributed by atoms with E-state index in [2.05, 4.69) is 10.2 Å². The fraction of sp³-hybridized carbons (Fsp3) is 0. The number of nitrogens with one attached hydrogen (secondary N) is 1. The van der Waals surface area contributed by atoms with E-state index in [9.17, 15) is 4.79 Å². The summed E-state index contributed by atoms with van der Waals surface area (Å²) in [6.45, 7) is 0. The number of H-pyrrole nitrogens is 1. The van der Waals surface area contributed by atoms with E-state index < -0.39 is 0 Å². The summed E-state index contributed by atoms with van der Waals surface area (Å²) in [5, 5.41) is 7.90. The van der Waals surface area contributed by atoms with Crippen molar-refractivity contribution in [2.75, 3.05) is 0 Å². The van der Waals surface area contributed by atoms with E-state index in [1.165, 1.54) is 11.3 Å². The standard InChI is InChI=1S/C12H6Cl2N2OS/c13-9-5-8(11(14)18-9)10-6-3-1-2-4-7(6)12(17)16-15-10/h1-5H,(H,16,17). The lowest BCUT2D eigenvalue weighted by molar-refractivity contribution is 1.02. The highest BCUT2D eigenvalue weighted by Crippen LogP contribution is 2.38. The van der Waals surface area contributed by atoms with E-state index in [1.807, 2.05) is 18.2 Å². The van der Waals surface area contributed by atoms with Crippen molar-refractivity contribution in [1.29, 1.82) is 0 Å². The highest BCUT2D eigenvalue weighted by molar-refractivity contribution is 7.20. The normalized spacial score (nSPS) is 11.0. The zero-order valence-electron chi connectivity index (χ0n) is 8.91. The molecule has 0 unspecified atom stereocenters. The molecule has 2 heterocycles. The van der Waals surface area contributed by atoms with Crippen LogP contribution in [0.3, 0.4) is 0 Å². The number of hydrogen-bond acceptors (Lipinski definition) is 3. The van der Waals surface area contributed by atoms with Crippen molar-refractivity contribution >= 4 is 45.3 Å². The number of halogens is 2. The van der Waals surface area contributed by atoms with Gasteiger partial charge in [-0.3, -0.25) is 4.79 Å². The maximum Gasteiger partial charge on any atom is 0.272 e. The molecule has 3 aromatic rings. The summed E-state index contributed by atoms with van der Waals surface area (Å²) in [6.07, 6.45) is 0. The van der Waals surface area contributed by atoms with Crippen LogP contribution in [0.25, 0.3) is 22.0 Å². The molecule has 0 aliphatic carbocycles. The van der Waals surface area contributed by atoms with Crippen LogP contribution in [0.1, 0.15) is 0 Å². The van der Waals surface area contributed by atoms with E-state index in [0.717, 1.165) is 10.9 Å². The summed E-state index contributed by atoms with van der Waals surface area (Å²) < 4.78 is 1.15. The molecule has 0 atom stereocenters. The average Bonchev–Trinajstić information content (AvgIpc) is 2.69. The van der Waals surface area contributed by atoms with Gasteiger partial charge in [-0.05, 0) is 12.1 Å². The summed E-state index contributed by atoms with van der Waals surface area (Å²) in [6, 6.07) is 9.01. The van der Waals surface area contributed by atoms with Crippen LogP contribution in [-0.2, 0) is 0 Å². The lowest BCUT2D eigenvalue weighted by Gasteiger charge is -2.03. The van der Waals surface area contributed by atoms with Crippen LogP contribution in [0.15, 0.2) is 35.1 Å². The minimum absolute atomic E-state index is 0.216. The van der Waals surface area contributed by atoms with Crippen LogP contribution in [0, 0.1) is 0 Å². The Labute approximate surface area is 116 Å². The fourth-order valence-corrected chi connectivity index (χ4v) is 3.29. The number of aromatic amines is 1. The van der Waals surface area contributed by atoms with Crippen LogP contribution in [0.2, 0.25) is 8.67 Å². The van der Waals surface area contributed by atoms with Gasteiger partial charge in [0, 0.05) is 10.9 Å². The topological polar surface area (TPSA) is 45.8 Å². The smallest absolute Gasteiger partial charge is 0.267 e. The average molecular weight is 297 g/mol. The molecule has 0 bridgehead atoms.